The van der Waals surface area contributed by atoms with Crippen LogP contribution in [0.2, 0.25) is 0 Å². The maximum atomic E-state index is 8.55. The largest absolute Gasteiger partial charge is 3.00 e. The van der Waals surface area contributed by atoms with Gasteiger partial charge in [-0.2, -0.15) is 70.4 Å². The topological polar surface area (TPSA) is 1500 Å². The third-order valence-electron chi connectivity index (χ3n) is 0. The summed E-state index contributed by atoms with van der Waals surface area (Å²) in [7, 11) is -81.2. The molecule has 0 bridgehead atoms. The van der Waals surface area contributed by atoms with Crippen LogP contribution < -0.4 is 218 Å². The van der Waals surface area contributed by atoms with Crippen LogP contribution in [0.4, 0.5) is 0 Å². The second-order valence-corrected chi connectivity index (χ2v) is 18.8. The monoisotopic (exact) mass is 2720 g/mol. The number of phosphoric acid groups is 9. The molecule has 0 aliphatic heterocycles. The van der Waals surface area contributed by atoms with E-state index in [1.165, 1.54) is 0 Å². The van der Waals surface area contributed by atoms with E-state index in [-0.39, 0.29) is 628 Å². The van der Waals surface area contributed by atoms with Crippen molar-refractivity contribution in [1.29, 1.82) is 0 Å². The summed E-state index contributed by atoms with van der Waals surface area (Å²) < 4.78 is 154. The summed E-state index contributed by atoms with van der Waals surface area (Å²) in [5.74, 6) is 0. The maximum Gasteiger partial charge on any atom is 3.00 e. The fourth-order valence-electron chi connectivity index (χ4n) is 0. The van der Waals surface area contributed by atoms with E-state index < -0.39 is 153 Å². The maximum absolute atomic E-state index is 8.55. The molecule has 106 heavy (non-hydrogen) atoms. The first-order valence-corrected chi connectivity index (χ1v) is 36.3. The summed E-state index contributed by atoms with van der Waals surface area (Å²) in [6.45, 7) is 0. The van der Waals surface area contributed by atoms with Crippen molar-refractivity contribution in [3.8, 4) is 0 Å². The minimum absolute atomic E-state index is 0. The van der Waals surface area contributed by atoms with Gasteiger partial charge in [0, 0.05) is 82.5 Å². The number of rotatable bonds is 0. The van der Waals surface area contributed by atoms with Crippen molar-refractivity contribution < 1.29 is 424 Å². The molecule has 0 saturated carbocycles. The fourth-order valence-corrected chi connectivity index (χ4v) is 0. The zero-order valence-electron chi connectivity index (χ0n) is 50.2. The second kappa shape index (κ2) is 186. The molecule has 0 aliphatic rings. The molecule has 0 aromatic carbocycles. The van der Waals surface area contributed by atoms with Crippen LogP contribution in [0, 0.1) is 0 Å². The van der Waals surface area contributed by atoms with Crippen LogP contribution in [-0.2, 0) is 179 Å². The van der Waals surface area contributed by atoms with Crippen molar-refractivity contribution >= 4 is 656 Å². The molecule has 0 saturated heterocycles. The zero-order chi connectivity index (χ0) is 72.7. The predicted molar refractivity (Wildman–Crippen MR) is 231 cm³/mol. The van der Waals surface area contributed by atoms with Gasteiger partial charge in [0.1, 0.15) is 0 Å². The SMILES string of the molecule is O.O.O.O.O.O=P([O-])([O-])[O-].O=P([O-])([O-])[O-].O=P([O-])([O-])[O-].O=P([O-])([O-])[O-].O=P([O-])([O-])[O-].O=P([O-])([O-])[O-].O=P([O-])([O-])[O-].O=P([O-])([O-])[O-].O=P([O-])([O-])[O-].O=[Si]([O-])[O-].O=[Si]([O-])[O-].O=[Si]([O-])[O-].O=[Si]([O-])[O-].O=[Si]([O-])[O-].O=[Si]([O-])[O-].O=[Si]([O-])[O-].O=[Si]([O-])[O-].O=[Si]([O-])[O-].[Al+3].[Al+3].[Al+3].[Al+3].[Al+3].[Ca+2].[Ca+2].[Ca+2].[Ca+2].[Ca+2].[Sr+2].[Sr+2].[Sr+2].[Sr+2].[Sr+2].[Zn+2].[Zn+2].[Zn+2].[Zn+2].[Zn+2]. The van der Waals surface area contributed by atoms with Gasteiger partial charge < -0.3 is 327 Å². The molecule has 0 aliphatic carbocycles. The Balaban J connectivity index is -0.00000000954. The Bertz CT molecular complexity index is 1550. The van der Waals surface area contributed by atoms with Gasteiger partial charge in [-0.1, -0.05) is 0 Å². The summed E-state index contributed by atoms with van der Waals surface area (Å²) >= 11 is 0. The molecule has 68 nitrogen and oxygen atoms in total. The Hall–Kier alpha value is 16.8. The van der Waals surface area contributed by atoms with Gasteiger partial charge in [0.2, 0.25) is 0 Å². The Kier molecular flexibility index (Phi) is 502. The smallest absolute Gasteiger partial charge is 0.822 e. The fraction of sp³-hybridized carbons (Fsp3) is 0. The van der Waals surface area contributed by atoms with Crippen LogP contribution >= 0.6 is 70.4 Å². The van der Waals surface area contributed by atoms with Crippen LogP contribution in [-0.4, -0.2) is 613 Å². The summed E-state index contributed by atoms with van der Waals surface area (Å²) in [6, 6.07) is 0. The van der Waals surface area contributed by atoms with Crippen molar-refractivity contribution in [2.24, 2.45) is 0 Å². The molecule has 0 fully saturated rings. The van der Waals surface area contributed by atoms with Gasteiger partial charge in [-0.25, -0.2) is 0 Å². The third-order valence-corrected chi connectivity index (χ3v) is 0. The van der Waals surface area contributed by atoms with Crippen molar-refractivity contribution in [1.82, 2.24) is 0 Å². The quantitative estimate of drug-likeness (QED) is 0.160. The summed E-state index contributed by atoms with van der Waals surface area (Å²) in [5.41, 5.74) is 0. The van der Waals surface area contributed by atoms with Crippen LogP contribution in [0.5, 0.6) is 0 Å². The minimum Gasteiger partial charge on any atom is -0.822 e. The first-order valence-electron chi connectivity index (χ1n) is 12.1. The minimum atomic E-state index is -5.39. The summed E-state index contributed by atoms with van der Waals surface area (Å²) in [5, 5.41) is 0. The van der Waals surface area contributed by atoms with E-state index in [4.69, 9.17) is 300 Å². The van der Waals surface area contributed by atoms with E-state index >= 15 is 0 Å². The van der Waals surface area contributed by atoms with Crippen LogP contribution in [0.1, 0.15) is 0 Å². The van der Waals surface area contributed by atoms with E-state index in [1.54, 1.807) is 0 Å². The summed E-state index contributed by atoms with van der Waals surface area (Å²) in [4.78, 5) is 384. The average Bonchev–Trinajstić information content (AvgIpc) is 2.85. The van der Waals surface area contributed by atoms with E-state index in [1.807, 2.05) is 0 Å². The average molecular weight is 2730 g/mol. The number of hydrogen-bond donors (Lipinski definition) is 0. The summed E-state index contributed by atoms with van der Waals surface area (Å²) in [6.07, 6.45) is 0. The molecule has 0 aromatic heterocycles. The van der Waals surface area contributed by atoms with Crippen molar-refractivity contribution in [3.05, 3.63) is 0 Å². The van der Waals surface area contributed by atoms with Gasteiger partial charge in [-0.05, 0) is 0 Å². The van der Waals surface area contributed by atoms with Crippen molar-refractivity contribution in [2.45, 2.75) is 0 Å². The van der Waals surface area contributed by atoms with Gasteiger partial charge in [0.05, 0.1) is 0 Å². The molecule has 544 valence electrons. The van der Waals surface area contributed by atoms with Gasteiger partial charge in [-0.15, -0.1) is 0 Å². The third kappa shape index (κ3) is 6130. The zero-order valence-corrected chi connectivity index (χ0v) is 116. The Morgan fingerprint density at radius 1 is 0.142 bits per heavy atom. The van der Waals surface area contributed by atoms with Gasteiger partial charge in [0.15, 0.2) is 0 Å². The molecule has 0 atom stereocenters. The molecule has 0 aromatic rings. The number of hydrogen-bond acceptors (Lipinski definition) is 63. The first kappa shape index (κ1) is 286. The molecule has 0 heterocycles. The van der Waals surface area contributed by atoms with E-state index in [9.17, 15) is 0 Å². The van der Waals surface area contributed by atoms with E-state index in [0.29, 0.717) is 0 Å². The Morgan fingerprint density at radius 3 is 0.142 bits per heavy atom. The molecule has 10 N–H and O–H groups in total. The molecule has 0 unspecified atom stereocenters. The van der Waals surface area contributed by atoms with Crippen LogP contribution in [0.15, 0.2) is 0 Å². The predicted octanol–water partition coefficient (Wildman–Crippen LogP) is -61.2. The normalized spacial score (nSPS) is 7.05. The standard InChI is InChI=1S/5Al.5Ca.9H3O4P.9O3Si.5H2O.5Sr.5Zn/c;;;;;;;;;;9*1-5(2,3)4;9*1-4(2)3;;;;;;;;;;;;;;;/h;;;;;;;;;;9*(H3,1,2,3,4);;;;;;;;;;5*1H2;;;;;;;;;;/q5*+3;5*+2;;;;;;;;;;9*-2;;;;;;10*+2/p-27. The van der Waals surface area contributed by atoms with Crippen LogP contribution in [0.25, 0.3) is 0 Å². The molecule has 0 spiro atoms. The molecule has 0 radical (unpaired) electrons. The van der Waals surface area contributed by atoms with E-state index in [0.717, 1.165) is 0 Å². The van der Waals surface area contributed by atoms with Crippen molar-refractivity contribution in [3.63, 3.8) is 0 Å². The van der Waals surface area contributed by atoms with E-state index in [2.05, 4.69) is 0 Å². The molecule has 0 amide bonds. The van der Waals surface area contributed by atoms with Gasteiger partial charge in [0.25, 0.3) is 0 Å². The van der Waals surface area contributed by atoms with Crippen LogP contribution in [0.3, 0.4) is 0 Å². The van der Waals surface area contributed by atoms with Gasteiger partial charge >= 0.3 is 600 Å². The molecular formula is H10Al5Ca5O68P9Si9Sr5Zn5. The van der Waals surface area contributed by atoms with Crippen molar-refractivity contribution in [2.75, 3.05) is 0 Å². The molecule has 0 rings (SSSR count). The molecule has 106 heteroatoms. The second-order valence-electron chi connectivity index (χ2n) is 6.27. The molecular weight excluding hydrogens is 2720 g/mol. The Labute approximate surface area is 1050 Å². The first-order chi connectivity index (χ1) is 33.6. The van der Waals surface area contributed by atoms with Gasteiger partial charge in [-0.3, -0.25) is 0 Å². The Morgan fingerprint density at radius 2 is 0.142 bits per heavy atom.